The summed E-state index contributed by atoms with van der Waals surface area (Å²) in [5.41, 5.74) is 1.02. The molecule has 8 heteroatoms. The molecular formula is C23H33Cl2N5O. The minimum atomic E-state index is 0.359. The van der Waals surface area contributed by atoms with Crippen LogP contribution in [0.1, 0.15) is 37.6 Å². The van der Waals surface area contributed by atoms with Crippen LogP contribution >= 0.6 is 23.2 Å². The molecule has 0 radical (unpaired) electrons. The second-order valence-corrected chi connectivity index (χ2v) is 8.35. The van der Waals surface area contributed by atoms with Crippen molar-refractivity contribution in [2.24, 2.45) is 4.99 Å². The smallest absolute Gasteiger partial charge is 0.171 e. The van der Waals surface area contributed by atoms with Crippen LogP contribution in [-0.4, -0.2) is 53.7 Å². The maximum atomic E-state index is 6.07. The summed E-state index contributed by atoms with van der Waals surface area (Å²) in [6, 6.07) is 6.23. The summed E-state index contributed by atoms with van der Waals surface area (Å²) < 4.78 is 7.53. The van der Waals surface area contributed by atoms with Crippen LogP contribution in [0.3, 0.4) is 0 Å². The van der Waals surface area contributed by atoms with E-state index in [0.29, 0.717) is 35.9 Å². The number of allylic oxidation sites excluding steroid dienone is 1. The van der Waals surface area contributed by atoms with Crippen molar-refractivity contribution >= 4 is 29.6 Å². The second-order valence-electron chi connectivity index (χ2n) is 7.48. The predicted molar refractivity (Wildman–Crippen MR) is 130 cm³/mol. The average Bonchev–Trinajstić information content (AvgIpc) is 3.32. The Kier molecular flexibility index (Phi) is 11.7. The number of halogens is 2. The van der Waals surface area contributed by atoms with E-state index >= 15 is 0 Å². The molecule has 1 atom stereocenters. The van der Waals surface area contributed by atoms with E-state index in [4.69, 9.17) is 27.9 Å². The normalized spacial score (nSPS) is 16.3. The number of nitrogens with zero attached hydrogens (tertiary/aromatic N) is 4. The monoisotopic (exact) mass is 465 g/mol. The van der Waals surface area contributed by atoms with E-state index in [1.54, 1.807) is 18.3 Å². The molecule has 1 aliphatic rings. The first-order valence-electron chi connectivity index (χ1n) is 10.6. The first kappa shape index (κ1) is 25.4. The average molecular weight is 466 g/mol. The van der Waals surface area contributed by atoms with Gasteiger partial charge in [0.15, 0.2) is 6.40 Å². The van der Waals surface area contributed by atoms with Gasteiger partial charge in [0, 0.05) is 35.0 Å². The van der Waals surface area contributed by atoms with Crippen molar-refractivity contribution in [3.8, 4) is 0 Å². The third-order valence-electron chi connectivity index (χ3n) is 4.97. The quantitative estimate of drug-likeness (QED) is 0.232. The van der Waals surface area contributed by atoms with Gasteiger partial charge < -0.3 is 14.2 Å². The first-order chi connectivity index (χ1) is 15.0. The summed E-state index contributed by atoms with van der Waals surface area (Å²) in [5, 5.41) is 4.58. The maximum absolute atomic E-state index is 6.07. The Hall–Kier alpha value is -1.86. The van der Waals surface area contributed by atoms with Crippen LogP contribution in [-0.2, 0) is 17.9 Å². The van der Waals surface area contributed by atoms with Gasteiger partial charge >= 0.3 is 0 Å². The highest BCUT2D eigenvalue weighted by Gasteiger charge is 2.19. The van der Waals surface area contributed by atoms with Crippen LogP contribution in [0.5, 0.6) is 0 Å². The molecule has 1 aliphatic heterocycles. The summed E-state index contributed by atoms with van der Waals surface area (Å²) in [5.74, 6) is 0.819. The van der Waals surface area contributed by atoms with Crippen LogP contribution < -0.4 is 5.32 Å². The minimum absolute atomic E-state index is 0.359. The molecule has 2 aromatic rings. The molecule has 3 rings (SSSR count). The SMILES string of the molecule is C=CC.CN1CCCC1CCNC/N=C/OCc1nccn1Cc1cc(Cl)cc(Cl)c1. The Balaban J connectivity index is 0.00000107. The Morgan fingerprint density at radius 3 is 2.74 bits per heavy atom. The van der Waals surface area contributed by atoms with E-state index in [1.807, 2.05) is 29.8 Å². The Morgan fingerprint density at radius 2 is 2.06 bits per heavy atom. The Bertz CT molecular complexity index is 804. The first-order valence-corrected chi connectivity index (χ1v) is 11.3. The summed E-state index contributed by atoms with van der Waals surface area (Å²) in [6.45, 7) is 8.99. The maximum Gasteiger partial charge on any atom is 0.171 e. The zero-order chi connectivity index (χ0) is 22.5. The summed E-state index contributed by atoms with van der Waals surface area (Å²) >= 11 is 12.1. The lowest BCUT2D eigenvalue weighted by molar-refractivity contribution is 0.288. The topological polar surface area (TPSA) is 54.7 Å². The zero-order valence-corrected chi connectivity index (χ0v) is 19.9. The second kappa shape index (κ2) is 14.2. The number of aliphatic imine (C=N–C) groups is 1. The number of benzene rings is 1. The van der Waals surface area contributed by atoms with Crippen molar-refractivity contribution in [3.63, 3.8) is 0 Å². The van der Waals surface area contributed by atoms with E-state index in [1.165, 1.54) is 25.8 Å². The van der Waals surface area contributed by atoms with Gasteiger partial charge in [0.2, 0.25) is 0 Å². The fourth-order valence-electron chi connectivity index (χ4n) is 3.48. The van der Waals surface area contributed by atoms with Gasteiger partial charge in [-0.25, -0.2) is 9.98 Å². The molecule has 1 unspecified atom stereocenters. The van der Waals surface area contributed by atoms with Crippen LogP contribution in [0, 0.1) is 0 Å². The number of rotatable bonds is 10. The number of likely N-dealkylation sites (tertiary alicyclic amines) is 1. The van der Waals surface area contributed by atoms with Crippen LogP contribution in [0.4, 0.5) is 0 Å². The van der Waals surface area contributed by atoms with E-state index in [2.05, 4.69) is 33.8 Å². The summed E-state index contributed by atoms with van der Waals surface area (Å²) in [7, 11) is 2.20. The molecule has 0 aliphatic carbocycles. The largest absolute Gasteiger partial charge is 0.476 e. The van der Waals surface area contributed by atoms with Gasteiger partial charge in [-0.3, -0.25) is 5.32 Å². The lowest BCUT2D eigenvalue weighted by Gasteiger charge is -2.18. The Labute approximate surface area is 195 Å². The van der Waals surface area contributed by atoms with Gasteiger partial charge in [-0.15, -0.1) is 6.58 Å². The number of imidazole rings is 1. The van der Waals surface area contributed by atoms with E-state index < -0.39 is 0 Å². The molecular weight excluding hydrogens is 433 g/mol. The third-order valence-corrected chi connectivity index (χ3v) is 5.40. The molecule has 0 amide bonds. The fraction of sp³-hybridized carbons (Fsp3) is 0.478. The molecule has 1 saturated heterocycles. The molecule has 0 bridgehead atoms. The van der Waals surface area contributed by atoms with Gasteiger partial charge in [-0.05, 0) is 70.1 Å². The summed E-state index contributed by atoms with van der Waals surface area (Å²) in [4.78, 5) is 11.0. The van der Waals surface area contributed by atoms with Gasteiger partial charge in [0.1, 0.15) is 12.4 Å². The van der Waals surface area contributed by atoms with E-state index in [0.717, 1.165) is 24.4 Å². The van der Waals surface area contributed by atoms with Crippen molar-refractivity contribution in [3.05, 3.63) is 64.7 Å². The van der Waals surface area contributed by atoms with Crippen molar-refractivity contribution in [2.45, 2.75) is 45.4 Å². The zero-order valence-electron chi connectivity index (χ0n) is 18.4. The standard InChI is InChI=1S/C20H27Cl2N5O.C3H6/c1-26-7-2-3-19(26)4-5-23-14-24-15-28-13-20-25-6-8-27(20)12-16-9-17(21)11-18(22)10-16;1-3-2/h6,8-11,15,19,23H,2-5,7,12-14H2,1H3;3H,1H2,2H3/b24-15+;. The highest BCUT2D eigenvalue weighted by Crippen LogP contribution is 2.20. The number of ether oxygens (including phenoxy) is 1. The lowest BCUT2D eigenvalue weighted by atomic mass is 10.1. The molecule has 1 aromatic heterocycles. The highest BCUT2D eigenvalue weighted by molar-refractivity contribution is 6.34. The van der Waals surface area contributed by atoms with Crippen LogP contribution in [0.25, 0.3) is 0 Å². The van der Waals surface area contributed by atoms with Crippen molar-refractivity contribution in [2.75, 3.05) is 26.8 Å². The van der Waals surface area contributed by atoms with Gasteiger partial charge in [-0.2, -0.15) is 0 Å². The molecule has 1 fully saturated rings. The van der Waals surface area contributed by atoms with E-state index in [9.17, 15) is 0 Å². The van der Waals surface area contributed by atoms with Crippen LogP contribution in [0.2, 0.25) is 10.0 Å². The third kappa shape index (κ3) is 9.44. The van der Waals surface area contributed by atoms with E-state index in [-0.39, 0.29) is 0 Å². The molecule has 1 aromatic carbocycles. The predicted octanol–water partition coefficient (Wildman–Crippen LogP) is 5.01. The Morgan fingerprint density at radius 1 is 1.32 bits per heavy atom. The lowest BCUT2D eigenvalue weighted by Crippen LogP contribution is -2.29. The number of hydrogen-bond donors (Lipinski definition) is 1. The number of aromatic nitrogens is 2. The molecule has 0 saturated carbocycles. The minimum Gasteiger partial charge on any atom is -0.476 e. The van der Waals surface area contributed by atoms with Gasteiger partial charge in [0.05, 0.1) is 6.67 Å². The molecule has 0 spiro atoms. The molecule has 170 valence electrons. The van der Waals surface area contributed by atoms with Crippen molar-refractivity contribution in [1.82, 2.24) is 19.8 Å². The molecule has 6 nitrogen and oxygen atoms in total. The van der Waals surface area contributed by atoms with Gasteiger partial charge in [0.25, 0.3) is 0 Å². The van der Waals surface area contributed by atoms with Crippen molar-refractivity contribution < 1.29 is 4.74 Å². The summed E-state index contributed by atoms with van der Waals surface area (Å²) in [6.07, 6.45) is 10.7. The molecule has 1 N–H and O–H groups in total. The van der Waals surface area contributed by atoms with Gasteiger partial charge in [-0.1, -0.05) is 29.3 Å². The van der Waals surface area contributed by atoms with Crippen molar-refractivity contribution in [1.29, 1.82) is 0 Å². The molecule has 31 heavy (non-hydrogen) atoms. The number of hydrogen-bond acceptors (Lipinski definition) is 5. The van der Waals surface area contributed by atoms with Crippen LogP contribution in [0.15, 0.2) is 48.2 Å². The highest BCUT2D eigenvalue weighted by atomic mass is 35.5. The number of nitrogens with one attached hydrogen (secondary N) is 1. The molecule has 2 heterocycles. The fourth-order valence-corrected chi connectivity index (χ4v) is 4.05.